The van der Waals surface area contributed by atoms with Crippen LogP contribution in [0.5, 0.6) is 0 Å². The average molecular weight is 332 g/mol. The van der Waals surface area contributed by atoms with Crippen molar-refractivity contribution >= 4 is 21.6 Å². The molecule has 6 heteroatoms. The van der Waals surface area contributed by atoms with Crippen LogP contribution in [0.3, 0.4) is 0 Å². The molecule has 1 heterocycles. The molecule has 0 aliphatic heterocycles. The van der Waals surface area contributed by atoms with Crippen LogP contribution in [0.1, 0.15) is 33.6 Å². The van der Waals surface area contributed by atoms with E-state index in [1.54, 1.807) is 6.20 Å². The lowest BCUT2D eigenvalue weighted by Crippen LogP contribution is -2.32. The molecule has 0 radical (unpaired) electrons. The second-order valence-corrected chi connectivity index (χ2v) is 5.72. The van der Waals surface area contributed by atoms with Crippen molar-refractivity contribution in [3.05, 3.63) is 21.0 Å². The summed E-state index contributed by atoms with van der Waals surface area (Å²) in [7, 11) is 0. The van der Waals surface area contributed by atoms with Crippen LogP contribution in [0, 0.1) is 5.92 Å². The van der Waals surface area contributed by atoms with Gasteiger partial charge in [0.05, 0.1) is 24.5 Å². The molecule has 0 saturated carbocycles. The van der Waals surface area contributed by atoms with E-state index in [1.807, 2.05) is 13.8 Å². The number of aliphatic hydroxyl groups excluding tert-OH is 1. The maximum Gasteiger partial charge on any atom is 0.283 e. The molecule has 2 N–H and O–H groups in total. The van der Waals surface area contributed by atoms with Crippen LogP contribution in [0.15, 0.2) is 15.5 Å². The highest BCUT2D eigenvalue weighted by Crippen LogP contribution is 2.19. The quantitative estimate of drug-likeness (QED) is 0.804. The summed E-state index contributed by atoms with van der Waals surface area (Å²) in [6, 6.07) is -0.0935. The van der Waals surface area contributed by atoms with Crippen molar-refractivity contribution in [2.24, 2.45) is 5.92 Å². The average Bonchev–Trinajstić information content (AvgIpc) is 2.39. The van der Waals surface area contributed by atoms with Gasteiger partial charge in [-0.05, 0) is 28.3 Å². The Balaban J connectivity index is 2.93. The molecule has 1 rings (SSSR count). The number of hydrogen-bond acceptors (Lipinski definition) is 4. The van der Waals surface area contributed by atoms with Crippen molar-refractivity contribution in [3.8, 4) is 0 Å². The number of nitrogens with one attached hydrogen (secondary N) is 1. The van der Waals surface area contributed by atoms with Gasteiger partial charge in [-0.15, -0.1) is 0 Å². The number of hydrogen-bond donors (Lipinski definition) is 2. The second-order valence-electron chi connectivity index (χ2n) is 4.93. The molecular formula is C13H22BrN3O2. The summed E-state index contributed by atoms with van der Waals surface area (Å²) >= 11 is 3.31. The molecule has 0 aliphatic carbocycles. The van der Waals surface area contributed by atoms with Crippen LogP contribution < -0.4 is 10.9 Å². The number of anilines is 1. The molecule has 0 spiro atoms. The third-order valence-corrected chi connectivity index (χ3v) is 3.82. The van der Waals surface area contributed by atoms with E-state index in [0.29, 0.717) is 16.7 Å². The van der Waals surface area contributed by atoms with Gasteiger partial charge in [-0.25, -0.2) is 4.68 Å². The predicted octanol–water partition coefficient (Wildman–Crippen LogP) is 2.23. The molecular weight excluding hydrogens is 310 g/mol. The largest absolute Gasteiger partial charge is 0.394 e. The Bertz CT molecular complexity index is 460. The molecule has 108 valence electrons. The standard InChI is InChI=1S/C13H22BrN3O2/c1-4-5-6-17-13(19)12(14)10(7-15-17)16-11(8-18)9(2)3/h7,9,11,16,18H,4-6,8H2,1-3H3. The summed E-state index contributed by atoms with van der Waals surface area (Å²) in [6.07, 6.45) is 3.58. The number of halogens is 1. The molecule has 0 bridgehead atoms. The fourth-order valence-electron chi connectivity index (χ4n) is 1.66. The minimum Gasteiger partial charge on any atom is -0.394 e. The van der Waals surface area contributed by atoms with Gasteiger partial charge in [0, 0.05) is 6.54 Å². The minimum atomic E-state index is -0.140. The Hall–Kier alpha value is -0.880. The van der Waals surface area contributed by atoms with E-state index >= 15 is 0 Å². The van der Waals surface area contributed by atoms with Crippen LogP contribution in [-0.4, -0.2) is 27.5 Å². The molecule has 0 amide bonds. The highest BCUT2D eigenvalue weighted by molar-refractivity contribution is 9.10. The highest BCUT2D eigenvalue weighted by Gasteiger charge is 2.15. The Morgan fingerprint density at radius 1 is 1.53 bits per heavy atom. The maximum atomic E-state index is 12.1. The van der Waals surface area contributed by atoms with Crippen LogP contribution >= 0.6 is 15.9 Å². The summed E-state index contributed by atoms with van der Waals surface area (Å²) in [5.41, 5.74) is 0.490. The first kappa shape index (κ1) is 16.2. The summed E-state index contributed by atoms with van der Waals surface area (Å²) in [5.74, 6) is 0.263. The van der Waals surface area contributed by atoms with Gasteiger partial charge in [0.2, 0.25) is 0 Å². The lowest BCUT2D eigenvalue weighted by Gasteiger charge is -2.21. The van der Waals surface area contributed by atoms with Crippen LogP contribution in [0.2, 0.25) is 0 Å². The SMILES string of the molecule is CCCCn1ncc(NC(CO)C(C)C)c(Br)c1=O. The normalized spacial score (nSPS) is 12.7. The molecule has 5 nitrogen and oxygen atoms in total. The van der Waals surface area contributed by atoms with Gasteiger partial charge in [-0.3, -0.25) is 4.79 Å². The molecule has 0 aliphatic rings. The Morgan fingerprint density at radius 3 is 2.74 bits per heavy atom. The van der Waals surface area contributed by atoms with Crippen LogP contribution in [0.4, 0.5) is 5.69 Å². The number of aliphatic hydroxyl groups is 1. The lowest BCUT2D eigenvalue weighted by atomic mass is 10.1. The smallest absolute Gasteiger partial charge is 0.283 e. The third kappa shape index (κ3) is 4.31. The van der Waals surface area contributed by atoms with Gasteiger partial charge in [-0.2, -0.15) is 5.10 Å². The number of nitrogens with zero attached hydrogens (tertiary/aromatic N) is 2. The van der Waals surface area contributed by atoms with Gasteiger partial charge in [0.15, 0.2) is 0 Å². The van der Waals surface area contributed by atoms with Crippen molar-refractivity contribution in [2.45, 2.75) is 46.2 Å². The molecule has 1 unspecified atom stereocenters. The molecule has 0 saturated heterocycles. The van der Waals surface area contributed by atoms with Gasteiger partial charge in [-0.1, -0.05) is 27.2 Å². The first-order chi connectivity index (χ1) is 9.01. The minimum absolute atomic E-state index is 0.0169. The van der Waals surface area contributed by atoms with E-state index in [0.717, 1.165) is 12.8 Å². The number of aryl methyl sites for hydroxylation is 1. The van der Waals surface area contributed by atoms with Crippen molar-refractivity contribution < 1.29 is 5.11 Å². The van der Waals surface area contributed by atoms with E-state index in [4.69, 9.17) is 0 Å². The third-order valence-electron chi connectivity index (χ3n) is 3.05. The van der Waals surface area contributed by atoms with Gasteiger partial charge in [0.25, 0.3) is 5.56 Å². The first-order valence-corrected chi connectivity index (χ1v) is 7.43. The van der Waals surface area contributed by atoms with E-state index in [2.05, 4.69) is 33.3 Å². The molecule has 1 aromatic rings. The molecule has 1 aromatic heterocycles. The van der Waals surface area contributed by atoms with Crippen molar-refractivity contribution in [1.82, 2.24) is 9.78 Å². The van der Waals surface area contributed by atoms with E-state index in [-0.39, 0.29) is 24.1 Å². The van der Waals surface area contributed by atoms with Gasteiger partial charge in [0.1, 0.15) is 4.47 Å². The zero-order chi connectivity index (χ0) is 14.4. The summed E-state index contributed by atoms with van der Waals surface area (Å²) in [4.78, 5) is 12.1. The second kappa shape index (κ2) is 7.65. The Morgan fingerprint density at radius 2 is 2.21 bits per heavy atom. The van der Waals surface area contributed by atoms with Gasteiger partial charge >= 0.3 is 0 Å². The molecule has 1 atom stereocenters. The van der Waals surface area contributed by atoms with Crippen molar-refractivity contribution in [2.75, 3.05) is 11.9 Å². The van der Waals surface area contributed by atoms with E-state index < -0.39 is 0 Å². The van der Waals surface area contributed by atoms with Crippen LogP contribution in [-0.2, 0) is 6.54 Å². The van der Waals surface area contributed by atoms with E-state index in [9.17, 15) is 9.90 Å². The number of aromatic nitrogens is 2. The van der Waals surface area contributed by atoms with E-state index in [1.165, 1.54) is 4.68 Å². The summed E-state index contributed by atoms with van der Waals surface area (Å²) in [6.45, 7) is 6.74. The molecule has 0 aromatic carbocycles. The van der Waals surface area contributed by atoms with Crippen LogP contribution in [0.25, 0.3) is 0 Å². The monoisotopic (exact) mass is 331 g/mol. The molecule has 0 fully saturated rings. The zero-order valence-electron chi connectivity index (χ0n) is 11.7. The van der Waals surface area contributed by atoms with Crippen molar-refractivity contribution in [1.29, 1.82) is 0 Å². The number of unbranched alkanes of at least 4 members (excludes halogenated alkanes) is 1. The summed E-state index contributed by atoms with van der Waals surface area (Å²) < 4.78 is 1.93. The lowest BCUT2D eigenvalue weighted by molar-refractivity contribution is 0.249. The highest BCUT2D eigenvalue weighted by atomic mass is 79.9. The number of rotatable bonds is 7. The first-order valence-electron chi connectivity index (χ1n) is 6.64. The maximum absolute atomic E-state index is 12.1. The fraction of sp³-hybridized carbons (Fsp3) is 0.692. The van der Waals surface area contributed by atoms with Gasteiger partial charge < -0.3 is 10.4 Å². The predicted molar refractivity (Wildman–Crippen MR) is 80.4 cm³/mol. The summed E-state index contributed by atoms with van der Waals surface area (Å²) in [5, 5.41) is 16.6. The zero-order valence-corrected chi connectivity index (χ0v) is 13.3. The molecule has 19 heavy (non-hydrogen) atoms. The fourth-order valence-corrected chi connectivity index (χ4v) is 2.08. The Labute approximate surface area is 122 Å². The van der Waals surface area contributed by atoms with Crippen molar-refractivity contribution in [3.63, 3.8) is 0 Å². The Kier molecular flexibility index (Phi) is 6.51. The topological polar surface area (TPSA) is 67.2 Å².